The highest BCUT2D eigenvalue weighted by atomic mass is 79.9. The molecule has 0 aliphatic heterocycles. The van der Waals surface area contributed by atoms with Crippen LogP contribution >= 0.6 is 15.9 Å². The molecule has 1 rings (SSSR count). The van der Waals surface area contributed by atoms with Gasteiger partial charge in [-0.2, -0.15) is 13.2 Å². The zero-order chi connectivity index (χ0) is 13.4. The highest BCUT2D eigenvalue weighted by Gasteiger charge is 2.38. The van der Waals surface area contributed by atoms with Gasteiger partial charge in [0.2, 0.25) is 0 Å². The van der Waals surface area contributed by atoms with Gasteiger partial charge in [0.1, 0.15) is 0 Å². The predicted octanol–water partition coefficient (Wildman–Crippen LogP) is 3.58. The van der Waals surface area contributed by atoms with Crippen molar-refractivity contribution >= 4 is 27.4 Å². The summed E-state index contributed by atoms with van der Waals surface area (Å²) in [7, 11) is 0. The van der Waals surface area contributed by atoms with E-state index in [4.69, 9.17) is 0 Å². The van der Waals surface area contributed by atoms with E-state index in [0.29, 0.717) is 6.07 Å². The van der Waals surface area contributed by atoms with Crippen molar-refractivity contribution in [3.8, 4) is 0 Å². The monoisotopic (exact) mass is 311 g/mol. The fraction of sp³-hybridized carbons (Fsp3) is 0.222. The zero-order valence-electron chi connectivity index (χ0n) is 8.34. The number of rotatable bonds is 2. The molecule has 0 aliphatic carbocycles. The Morgan fingerprint density at radius 3 is 2.29 bits per heavy atom. The van der Waals surface area contributed by atoms with Crippen LogP contribution in [0.2, 0.25) is 0 Å². The van der Waals surface area contributed by atoms with E-state index in [9.17, 15) is 28.1 Å². The Morgan fingerprint density at radius 1 is 1.41 bits per heavy atom. The molecule has 1 aromatic carbocycles. The lowest BCUT2D eigenvalue weighted by Crippen LogP contribution is -2.13. The second kappa shape index (κ2) is 4.44. The van der Waals surface area contributed by atoms with Gasteiger partial charge in [-0.05, 0) is 22.9 Å². The Labute approximate surface area is 102 Å². The van der Waals surface area contributed by atoms with Crippen molar-refractivity contribution in [2.45, 2.75) is 13.1 Å². The molecule has 0 radical (unpaired) electrons. The van der Waals surface area contributed by atoms with E-state index >= 15 is 0 Å². The molecule has 92 valence electrons. The van der Waals surface area contributed by atoms with Crippen molar-refractivity contribution in [3.05, 3.63) is 37.8 Å². The molecule has 0 saturated heterocycles. The van der Waals surface area contributed by atoms with Gasteiger partial charge in [-0.3, -0.25) is 14.9 Å². The quantitative estimate of drug-likeness (QED) is 0.476. The standard InChI is InChI=1S/C9H5BrF3NO3/c1-4(15)6-2-5(14(16)17)3-7(10)8(6)9(11,12)13/h2-3H,1H3. The minimum atomic E-state index is -4.75. The number of nitro benzene ring substituents is 1. The van der Waals surface area contributed by atoms with Crippen LogP contribution in [0.15, 0.2) is 16.6 Å². The highest BCUT2D eigenvalue weighted by molar-refractivity contribution is 9.10. The lowest BCUT2D eigenvalue weighted by atomic mass is 10.0. The van der Waals surface area contributed by atoms with Crippen molar-refractivity contribution in [2.75, 3.05) is 0 Å². The van der Waals surface area contributed by atoms with Crippen molar-refractivity contribution < 1.29 is 22.9 Å². The van der Waals surface area contributed by atoms with Crippen molar-refractivity contribution in [3.63, 3.8) is 0 Å². The molecule has 0 spiro atoms. The Balaban J connectivity index is 3.61. The first-order valence-corrected chi connectivity index (χ1v) is 5.00. The fourth-order valence-corrected chi connectivity index (χ4v) is 1.94. The molecule has 8 heteroatoms. The van der Waals surface area contributed by atoms with Crippen LogP contribution in [0, 0.1) is 10.1 Å². The van der Waals surface area contributed by atoms with Crippen LogP contribution in [-0.4, -0.2) is 10.7 Å². The van der Waals surface area contributed by atoms with E-state index in [-0.39, 0.29) is 0 Å². The number of ketones is 1. The van der Waals surface area contributed by atoms with Gasteiger partial charge in [0, 0.05) is 22.2 Å². The lowest BCUT2D eigenvalue weighted by molar-refractivity contribution is -0.385. The molecule has 0 aromatic heterocycles. The summed E-state index contributed by atoms with van der Waals surface area (Å²) in [5.74, 6) is -0.887. The minimum Gasteiger partial charge on any atom is -0.294 e. The summed E-state index contributed by atoms with van der Waals surface area (Å²) in [5, 5.41) is 10.5. The van der Waals surface area contributed by atoms with Gasteiger partial charge in [0.05, 0.1) is 10.5 Å². The molecular weight excluding hydrogens is 307 g/mol. The van der Waals surface area contributed by atoms with E-state index in [2.05, 4.69) is 15.9 Å². The van der Waals surface area contributed by atoms with Crippen molar-refractivity contribution in [1.82, 2.24) is 0 Å². The Hall–Kier alpha value is -1.44. The number of alkyl halides is 3. The molecule has 0 fully saturated rings. The van der Waals surface area contributed by atoms with Gasteiger partial charge in [0.25, 0.3) is 5.69 Å². The van der Waals surface area contributed by atoms with Gasteiger partial charge >= 0.3 is 6.18 Å². The van der Waals surface area contributed by atoms with Crippen LogP contribution in [0.5, 0.6) is 0 Å². The third-order valence-electron chi connectivity index (χ3n) is 1.95. The number of halogens is 4. The summed E-state index contributed by atoms with van der Waals surface area (Å²) in [6.07, 6.45) is -4.75. The molecule has 17 heavy (non-hydrogen) atoms. The lowest BCUT2D eigenvalue weighted by Gasteiger charge is -2.12. The number of carbonyl (C=O) groups excluding carboxylic acids is 1. The topological polar surface area (TPSA) is 60.2 Å². The van der Waals surface area contributed by atoms with E-state index in [0.717, 1.165) is 13.0 Å². The van der Waals surface area contributed by atoms with Crippen LogP contribution < -0.4 is 0 Å². The summed E-state index contributed by atoms with van der Waals surface area (Å²) < 4.78 is 37.4. The van der Waals surface area contributed by atoms with E-state index in [1.165, 1.54) is 0 Å². The third-order valence-corrected chi connectivity index (χ3v) is 2.57. The molecule has 0 amide bonds. The van der Waals surface area contributed by atoms with Crippen molar-refractivity contribution in [1.29, 1.82) is 0 Å². The summed E-state index contributed by atoms with van der Waals surface area (Å²) in [6.45, 7) is 0.917. The Bertz CT molecular complexity index is 499. The second-order valence-corrected chi connectivity index (χ2v) is 4.02. The summed E-state index contributed by atoms with van der Waals surface area (Å²) in [5.41, 5.74) is -2.50. The van der Waals surface area contributed by atoms with E-state index in [1.807, 2.05) is 0 Å². The average molecular weight is 312 g/mol. The summed E-state index contributed by atoms with van der Waals surface area (Å²) >= 11 is 2.59. The first kappa shape index (κ1) is 13.6. The molecule has 0 bridgehead atoms. The molecule has 0 N–H and O–H groups in total. The average Bonchev–Trinajstić information content (AvgIpc) is 2.13. The summed E-state index contributed by atoms with van der Waals surface area (Å²) in [6, 6.07) is 1.34. The maximum absolute atomic E-state index is 12.7. The predicted molar refractivity (Wildman–Crippen MR) is 55.8 cm³/mol. The molecule has 4 nitrogen and oxygen atoms in total. The number of Topliss-reactive ketones (excluding diaryl/α,β-unsaturated/α-hetero) is 1. The van der Waals surface area contributed by atoms with Crippen LogP contribution in [0.4, 0.5) is 18.9 Å². The molecule has 0 heterocycles. The fourth-order valence-electron chi connectivity index (χ4n) is 1.26. The van der Waals surface area contributed by atoms with Crippen LogP contribution in [0.1, 0.15) is 22.8 Å². The molecular formula is C9H5BrF3NO3. The molecule has 1 aromatic rings. The Kier molecular flexibility index (Phi) is 3.56. The normalized spacial score (nSPS) is 11.4. The number of hydrogen-bond acceptors (Lipinski definition) is 3. The van der Waals surface area contributed by atoms with Gasteiger partial charge < -0.3 is 0 Å². The second-order valence-electron chi connectivity index (χ2n) is 3.16. The smallest absolute Gasteiger partial charge is 0.294 e. The van der Waals surface area contributed by atoms with Crippen LogP contribution in [0.25, 0.3) is 0 Å². The van der Waals surface area contributed by atoms with Crippen LogP contribution in [0.3, 0.4) is 0 Å². The SMILES string of the molecule is CC(=O)c1cc([N+](=O)[O-])cc(Br)c1C(F)(F)F. The maximum Gasteiger partial charge on any atom is 0.418 e. The first-order valence-electron chi connectivity index (χ1n) is 4.20. The van der Waals surface area contributed by atoms with Gasteiger partial charge in [-0.15, -0.1) is 0 Å². The first-order chi connectivity index (χ1) is 7.64. The summed E-state index contributed by atoms with van der Waals surface area (Å²) in [4.78, 5) is 20.7. The van der Waals surface area contributed by atoms with E-state index < -0.39 is 38.2 Å². The van der Waals surface area contributed by atoms with Gasteiger partial charge in [-0.1, -0.05) is 0 Å². The number of nitro groups is 1. The molecule has 0 atom stereocenters. The number of hydrogen-bond donors (Lipinski definition) is 0. The highest BCUT2D eigenvalue weighted by Crippen LogP contribution is 2.39. The van der Waals surface area contributed by atoms with Crippen LogP contribution in [-0.2, 0) is 6.18 Å². The number of non-ortho nitro benzene ring substituents is 1. The molecule has 0 unspecified atom stereocenters. The number of nitrogens with zero attached hydrogens (tertiary/aromatic N) is 1. The number of benzene rings is 1. The van der Waals surface area contributed by atoms with Crippen molar-refractivity contribution in [2.24, 2.45) is 0 Å². The minimum absolute atomic E-state index is 0.524. The third kappa shape index (κ3) is 2.82. The van der Waals surface area contributed by atoms with E-state index in [1.54, 1.807) is 0 Å². The van der Waals surface area contributed by atoms with Gasteiger partial charge in [0.15, 0.2) is 5.78 Å². The Morgan fingerprint density at radius 2 is 1.94 bits per heavy atom. The van der Waals surface area contributed by atoms with Gasteiger partial charge in [-0.25, -0.2) is 0 Å². The maximum atomic E-state index is 12.7. The molecule has 0 saturated carbocycles. The largest absolute Gasteiger partial charge is 0.418 e. The molecule has 0 aliphatic rings. The number of carbonyl (C=O) groups is 1. The zero-order valence-corrected chi connectivity index (χ0v) is 9.92.